The second-order valence-electron chi connectivity index (χ2n) is 15.2. The summed E-state index contributed by atoms with van der Waals surface area (Å²) >= 11 is 0. The Balaban J connectivity index is 1.37. The van der Waals surface area contributed by atoms with Crippen LogP contribution in [0.5, 0.6) is 0 Å². The van der Waals surface area contributed by atoms with E-state index in [1.807, 2.05) is 0 Å². The number of aliphatic hydroxyl groups excluding tert-OH is 1. The quantitative estimate of drug-likeness (QED) is 0.0565. The molecule has 0 amide bonds. The highest BCUT2D eigenvalue weighted by atomic mass is 16.6. The molecule has 1 N–H and O–H groups in total. The minimum atomic E-state index is -0.793. The van der Waals surface area contributed by atoms with Crippen LogP contribution in [0.2, 0.25) is 0 Å². The molecule has 0 unspecified atom stereocenters. The van der Waals surface area contributed by atoms with Crippen LogP contribution in [0.15, 0.2) is 21.0 Å². The Morgan fingerprint density at radius 2 is 0.942 bits per heavy atom. The maximum atomic E-state index is 12.3. The molecule has 2 heterocycles. The number of rotatable bonds is 34. The summed E-state index contributed by atoms with van der Waals surface area (Å²) in [5, 5.41) is 9.62. The Morgan fingerprint density at radius 3 is 1.37 bits per heavy atom. The molecule has 0 saturated carbocycles. The van der Waals surface area contributed by atoms with Gasteiger partial charge in [0.15, 0.2) is 6.10 Å². The molecule has 298 valence electrons. The summed E-state index contributed by atoms with van der Waals surface area (Å²) in [6.07, 6.45) is 29.4. The van der Waals surface area contributed by atoms with E-state index in [4.69, 9.17) is 18.3 Å². The number of carbonyl (C=O) groups excluding carboxylic acids is 2. The predicted molar refractivity (Wildman–Crippen MR) is 212 cm³/mol. The minimum absolute atomic E-state index is 0.0849. The fraction of sp³-hybridized carbons (Fsp3) is 0.778. The lowest BCUT2D eigenvalue weighted by molar-refractivity contribution is -0.161. The van der Waals surface area contributed by atoms with Crippen LogP contribution >= 0.6 is 0 Å². The van der Waals surface area contributed by atoms with E-state index in [1.165, 1.54) is 125 Å². The first-order valence-electron chi connectivity index (χ1n) is 21.5. The lowest BCUT2D eigenvalue weighted by Crippen LogP contribution is -2.28. The number of furan rings is 2. The fourth-order valence-electron chi connectivity index (χ4n) is 6.88. The zero-order valence-corrected chi connectivity index (χ0v) is 33.8. The molecule has 0 aromatic carbocycles. The van der Waals surface area contributed by atoms with Crippen LogP contribution in [0.25, 0.3) is 0 Å². The Hall–Kier alpha value is -2.54. The molecule has 0 fully saturated rings. The van der Waals surface area contributed by atoms with Crippen LogP contribution in [0.4, 0.5) is 0 Å². The van der Waals surface area contributed by atoms with E-state index in [2.05, 4.69) is 39.8 Å². The Labute approximate surface area is 317 Å². The fourth-order valence-corrected chi connectivity index (χ4v) is 6.88. The number of aryl methyl sites for hydroxylation is 6. The van der Waals surface area contributed by atoms with Crippen molar-refractivity contribution in [3.63, 3.8) is 0 Å². The SMILES string of the molecule is CCCCCc1cc(C)c(CCCCCCCCCCC(=O)OC[C@H](CO)OC(=O)CCCCCCCCCCc2oc(CCCCC)cc2C)o1. The first-order chi connectivity index (χ1) is 25.4. The number of hydrogen-bond acceptors (Lipinski definition) is 7. The molecule has 0 aliphatic heterocycles. The molecule has 2 rings (SSSR count). The average Bonchev–Trinajstić information content (AvgIpc) is 3.67. The Morgan fingerprint density at radius 1 is 0.558 bits per heavy atom. The van der Waals surface area contributed by atoms with Crippen molar-refractivity contribution >= 4 is 11.9 Å². The molecule has 7 nitrogen and oxygen atoms in total. The molecule has 0 bridgehead atoms. The Bertz CT molecular complexity index is 1180. The number of carbonyl (C=O) groups is 2. The third kappa shape index (κ3) is 21.9. The molecule has 1 atom stereocenters. The third-order valence-electron chi connectivity index (χ3n) is 10.2. The second kappa shape index (κ2) is 29.9. The van der Waals surface area contributed by atoms with Gasteiger partial charge >= 0.3 is 11.9 Å². The second-order valence-corrected chi connectivity index (χ2v) is 15.2. The smallest absolute Gasteiger partial charge is 0.306 e. The van der Waals surface area contributed by atoms with Crippen molar-refractivity contribution in [2.75, 3.05) is 13.2 Å². The van der Waals surface area contributed by atoms with Crippen molar-refractivity contribution in [3.8, 4) is 0 Å². The van der Waals surface area contributed by atoms with Gasteiger partial charge < -0.3 is 23.4 Å². The summed E-state index contributed by atoms with van der Waals surface area (Å²) in [6, 6.07) is 4.45. The first kappa shape index (κ1) is 45.6. The number of ether oxygens (including phenoxy) is 2. The summed E-state index contributed by atoms with van der Waals surface area (Å²) in [7, 11) is 0. The number of esters is 2. The zero-order chi connectivity index (χ0) is 37.7. The lowest BCUT2D eigenvalue weighted by Gasteiger charge is -2.15. The van der Waals surface area contributed by atoms with Gasteiger partial charge in [0, 0.05) is 38.5 Å². The van der Waals surface area contributed by atoms with E-state index in [-0.39, 0.29) is 25.2 Å². The van der Waals surface area contributed by atoms with Crippen molar-refractivity contribution in [1.82, 2.24) is 0 Å². The average molecular weight is 729 g/mol. The van der Waals surface area contributed by atoms with E-state index in [0.717, 1.165) is 75.7 Å². The van der Waals surface area contributed by atoms with E-state index in [9.17, 15) is 14.7 Å². The van der Waals surface area contributed by atoms with Crippen LogP contribution < -0.4 is 0 Å². The van der Waals surface area contributed by atoms with Gasteiger partial charge in [0.25, 0.3) is 0 Å². The Kier molecular flexibility index (Phi) is 26.2. The van der Waals surface area contributed by atoms with Crippen LogP contribution in [-0.2, 0) is 44.7 Å². The van der Waals surface area contributed by atoms with Crippen molar-refractivity contribution in [1.29, 1.82) is 0 Å². The van der Waals surface area contributed by atoms with E-state index < -0.39 is 6.10 Å². The van der Waals surface area contributed by atoms with Crippen LogP contribution in [0.3, 0.4) is 0 Å². The number of unbranched alkanes of at least 4 members (excludes halogenated alkanes) is 18. The third-order valence-corrected chi connectivity index (χ3v) is 10.2. The summed E-state index contributed by atoms with van der Waals surface area (Å²) in [6.45, 7) is 8.36. The monoisotopic (exact) mass is 729 g/mol. The van der Waals surface area contributed by atoms with Gasteiger partial charge in [0.05, 0.1) is 6.61 Å². The summed E-state index contributed by atoms with van der Waals surface area (Å²) in [4.78, 5) is 24.4. The standard InChI is InChI=1S/C45H76O7/c1-5-7-21-27-39-33-37(3)42(50-39)29-23-17-13-9-11-15-19-25-31-44(47)49-36-41(35-46)52-45(48)32-26-20-16-12-10-14-18-24-30-43-38(4)34-40(51-43)28-22-8-6-2/h33-34,41,46H,5-32,35-36H2,1-4H3/t41-/m0/s1. The van der Waals surface area contributed by atoms with Gasteiger partial charge in [0.1, 0.15) is 29.6 Å². The molecule has 0 aliphatic rings. The van der Waals surface area contributed by atoms with Gasteiger partial charge in [0.2, 0.25) is 0 Å². The minimum Gasteiger partial charge on any atom is -0.466 e. The topological polar surface area (TPSA) is 99.1 Å². The largest absolute Gasteiger partial charge is 0.466 e. The normalized spacial score (nSPS) is 12.0. The van der Waals surface area contributed by atoms with Crippen LogP contribution in [-0.4, -0.2) is 36.4 Å². The van der Waals surface area contributed by atoms with Crippen molar-refractivity contribution in [2.45, 2.75) is 214 Å². The maximum absolute atomic E-state index is 12.3. The van der Waals surface area contributed by atoms with Crippen molar-refractivity contribution in [3.05, 3.63) is 46.3 Å². The molecule has 7 heteroatoms. The molecule has 0 radical (unpaired) electrons. The highest BCUT2D eigenvalue weighted by Crippen LogP contribution is 2.22. The summed E-state index contributed by atoms with van der Waals surface area (Å²) in [5.74, 6) is 4.01. The molecular formula is C45H76O7. The van der Waals surface area contributed by atoms with Gasteiger partial charge in [-0.15, -0.1) is 0 Å². The van der Waals surface area contributed by atoms with Crippen LogP contribution in [0.1, 0.15) is 202 Å². The molecular weight excluding hydrogens is 652 g/mol. The van der Waals surface area contributed by atoms with Crippen LogP contribution in [0, 0.1) is 13.8 Å². The van der Waals surface area contributed by atoms with E-state index in [1.54, 1.807) is 0 Å². The van der Waals surface area contributed by atoms with Gasteiger partial charge in [-0.1, -0.05) is 117 Å². The highest BCUT2D eigenvalue weighted by molar-refractivity contribution is 5.70. The van der Waals surface area contributed by atoms with Gasteiger partial charge in [-0.3, -0.25) is 9.59 Å². The first-order valence-corrected chi connectivity index (χ1v) is 21.5. The zero-order valence-electron chi connectivity index (χ0n) is 33.8. The van der Waals surface area contributed by atoms with Gasteiger partial charge in [-0.25, -0.2) is 0 Å². The van der Waals surface area contributed by atoms with Crippen molar-refractivity contribution in [2.24, 2.45) is 0 Å². The number of hydrogen-bond donors (Lipinski definition) is 1. The molecule has 0 aliphatic carbocycles. The van der Waals surface area contributed by atoms with Crippen molar-refractivity contribution < 1.29 is 33.0 Å². The van der Waals surface area contributed by atoms with Gasteiger partial charge in [-0.2, -0.15) is 0 Å². The summed E-state index contributed by atoms with van der Waals surface area (Å²) in [5.41, 5.74) is 2.60. The molecule has 0 spiro atoms. The molecule has 2 aromatic rings. The maximum Gasteiger partial charge on any atom is 0.306 e. The predicted octanol–water partition coefficient (Wildman–Crippen LogP) is 12.2. The van der Waals surface area contributed by atoms with E-state index >= 15 is 0 Å². The summed E-state index contributed by atoms with van der Waals surface area (Å²) < 4.78 is 22.8. The molecule has 2 aromatic heterocycles. The van der Waals surface area contributed by atoms with E-state index in [0.29, 0.717) is 12.8 Å². The highest BCUT2D eigenvalue weighted by Gasteiger charge is 2.16. The molecule has 52 heavy (non-hydrogen) atoms. The number of aliphatic hydroxyl groups is 1. The van der Waals surface area contributed by atoms with Gasteiger partial charge in [-0.05, 0) is 75.6 Å². The molecule has 0 saturated heterocycles. The lowest BCUT2D eigenvalue weighted by atomic mass is 10.1.